The van der Waals surface area contributed by atoms with E-state index in [9.17, 15) is 18.0 Å². The quantitative estimate of drug-likeness (QED) is 0.607. The third kappa shape index (κ3) is 4.43. The molecular formula is C11H21N3O5S. The largest absolute Gasteiger partial charge is 0.480 e. The van der Waals surface area contributed by atoms with E-state index in [1.807, 2.05) is 0 Å². The van der Waals surface area contributed by atoms with Crippen molar-refractivity contribution in [3.63, 3.8) is 0 Å². The summed E-state index contributed by atoms with van der Waals surface area (Å²) in [5.41, 5.74) is 0. The van der Waals surface area contributed by atoms with Crippen LogP contribution in [0.1, 0.15) is 26.7 Å². The fraction of sp³-hybridized carbons (Fsp3) is 0.818. The van der Waals surface area contributed by atoms with E-state index >= 15 is 0 Å². The van der Waals surface area contributed by atoms with Gasteiger partial charge in [0.1, 0.15) is 6.04 Å². The van der Waals surface area contributed by atoms with Crippen LogP contribution in [0.4, 0.5) is 0 Å². The number of rotatable bonds is 5. The third-order valence-electron chi connectivity index (χ3n) is 3.42. The van der Waals surface area contributed by atoms with Crippen LogP contribution < -0.4 is 10.5 Å². The van der Waals surface area contributed by atoms with Gasteiger partial charge in [-0.3, -0.25) is 4.79 Å². The maximum Gasteiger partial charge on any atom is 0.326 e. The molecule has 1 heterocycles. The second-order valence-electron chi connectivity index (χ2n) is 5.29. The molecule has 0 radical (unpaired) electrons. The lowest BCUT2D eigenvalue weighted by molar-refractivity contribution is -0.144. The smallest absolute Gasteiger partial charge is 0.326 e. The number of amides is 1. The molecule has 4 N–H and O–H groups in total. The number of aliphatic carboxylic acids is 1. The molecule has 1 amide bonds. The zero-order valence-corrected chi connectivity index (χ0v) is 12.4. The molecule has 0 aromatic carbocycles. The molecule has 0 aliphatic carbocycles. The van der Waals surface area contributed by atoms with E-state index in [1.54, 1.807) is 13.8 Å². The minimum absolute atomic E-state index is 0.177. The zero-order chi connectivity index (χ0) is 15.5. The van der Waals surface area contributed by atoms with Gasteiger partial charge in [-0.15, -0.1) is 0 Å². The van der Waals surface area contributed by atoms with Crippen molar-refractivity contribution in [3.8, 4) is 0 Å². The van der Waals surface area contributed by atoms with E-state index in [1.165, 1.54) is 0 Å². The predicted molar refractivity (Wildman–Crippen MR) is 71.8 cm³/mol. The van der Waals surface area contributed by atoms with Gasteiger partial charge in [0.15, 0.2) is 0 Å². The lowest BCUT2D eigenvalue weighted by atomic mass is 9.95. The molecule has 9 heteroatoms. The Morgan fingerprint density at radius 1 is 1.30 bits per heavy atom. The van der Waals surface area contributed by atoms with Crippen LogP contribution in [0.25, 0.3) is 0 Å². The van der Waals surface area contributed by atoms with Crippen LogP contribution in [-0.4, -0.2) is 48.8 Å². The number of nitrogens with two attached hydrogens (primary N) is 1. The van der Waals surface area contributed by atoms with E-state index < -0.39 is 22.2 Å². The number of nitrogens with zero attached hydrogens (tertiary/aromatic N) is 1. The summed E-state index contributed by atoms with van der Waals surface area (Å²) in [6.07, 6.45) is 0.680. The zero-order valence-electron chi connectivity index (χ0n) is 11.6. The first kappa shape index (κ1) is 16.9. The fourth-order valence-corrected chi connectivity index (χ4v) is 2.88. The average molecular weight is 307 g/mol. The van der Waals surface area contributed by atoms with Gasteiger partial charge >= 0.3 is 5.97 Å². The van der Waals surface area contributed by atoms with Crippen LogP contribution in [0.15, 0.2) is 0 Å². The van der Waals surface area contributed by atoms with Gasteiger partial charge in [0, 0.05) is 19.0 Å². The molecular weight excluding hydrogens is 286 g/mol. The van der Waals surface area contributed by atoms with E-state index in [4.69, 9.17) is 10.2 Å². The highest BCUT2D eigenvalue weighted by Crippen LogP contribution is 2.19. The highest BCUT2D eigenvalue weighted by molar-refractivity contribution is 7.86. The second kappa shape index (κ2) is 6.51. The first-order valence-corrected chi connectivity index (χ1v) is 7.94. The number of carbonyl (C=O) groups is 2. The van der Waals surface area contributed by atoms with Crippen LogP contribution in [0, 0.1) is 11.8 Å². The molecule has 1 aliphatic rings. The third-order valence-corrected chi connectivity index (χ3v) is 4.50. The van der Waals surface area contributed by atoms with E-state index in [0.29, 0.717) is 12.8 Å². The molecule has 1 saturated heterocycles. The van der Waals surface area contributed by atoms with Crippen molar-refractivity contribution in [3.05, 3.63) is 0 Å². The highest BCUT2D eigenvalue weighted by Gasteiger charge is 2.32. The lowest BCUT2D eigenvalue weighted by Gasteiger charge is -2.30. The van der Waals surface area contributed by atoms with E-state index in [2.05, 4.69) is 5.32 Å². The number of hydrogen-bond donors (Lipinski definition) is 3. The standard InChI is InChI=1S/C11H21N3O5S/c1-7(2)9(11(16)17)13-10(15)8-3-5-14(6-4-8)20(12,18)19/h7-9H,3-6H2,1-2H3,(H,13,15)(H,16,17)(H2,12,18,19)/t9-/m1/s1. The number of carboxylic acid groups (broad SMARTS) is 1. The number of nitrogens with one attached hydrogen (secondary N) is 1. The Labute approximate surface area is 118 Å². The molecule has 0 saturated carbocycles. The molecule has 1 fully saturated rings. The normalized spacial score (nSPS) is 19.8. The number of carboxylic acids is 1. The maximum absolute atomic E-state index is 12.0. The highest BCUT2D eigenvalue weighted by atomic mass is 32.2. The van der Waals surface area contributed by atoms with Crippen molar-refractivity contribution in [2.45, 2.75) is 32.7 Å². The first-order chi connectivity index (χ1) is 9.12. The summed E-state index contributed by atoms with van der Waals surface area (Å²) in [4.78, 5) is 23.0. The fourth-order valence-electron chi connectivity index (χ4n) is 2.16. The summed E-state index contributed by atoms with van der Waals surface area (Å²) in [5.74, 6) is -2.02. The lowest BCUT2D eigenvalue weighted by Crippen LogP contribution is -2.50. The second-order valence-corrected chi connectivity index (χ2v) is 6.83. The predicted octanol–water partition coefficient (Wildman–Crippen LogP) is -0.873. The first-order valence-electron chi connectivity index (χ1n) is 6.44. The SMILES string of the molecule is CC(C)[C@@H](NC(=O)C1CCN(S(N)(=O)=O)CC1)C(=O)O. The minimum Gasteiger partial charge on any atom is -0.480 e. The van der Waals surface area contributed by atoms with Crippen LogP contribution >= 0.6 is 0 Å². The van der Waals surface area contributed by atoms with E-state index in [-0.39, 0.29) is 30.8 Å². The van der Waals surface area contributed by atoms with Gasteiger partial charge in [-0.05, 0) is 18.8 Å². The van der Waals surface area contributed by atoms with Gasteiger partial charge in [0.2, 0.25) is 5.91 Å². The maximum atomic E-state index is 12.0. The summed E-state index contributed by atoms with van der Waals surface area (Å²) in [6, 6.07) is -0.932. The van der Waals surface area contributed by atoms with Gasteiger partial charge in [-0.25, -0.2) is 9.93 Å². The van der Waals surface area contributed by atoms with Crippen molar-refractivity contribution in [1.82, 2.24) is 9.62 Å². The van der Waals surface area contributed by atoms with Crippen molar-refractivity contribution in [1.29, 1.82) is 0 Å². The molecule has 0 spiro atoms. The molecule has 1 rings (SSSR count). The van der Waals surface area contributed by atoms with Gasteiger partial charge in [-0.2, -0.15) is 12.7 Å². The molecule has 0 aromatic rings. The van der Waals surface area contributed by atoms with Crippen molar-refractivity contribution < 1.29 is 23.1 Å². The van der Waals surface area contributed by atoms with Crippen molar-refractivity contribution >= 4 is 22.1 Å². The van der Waals surface area contributed by atoms with Gasteiger partial charge < -0.3 is 10.4 Å². The Balaban J connectivity index is 2.57. The number of hydrogen-bond acceptors (Lipinski definition) is 4. The van der Waals surface area contributed by atoms with Gasteiger partial charge in [0.05, 0.1) is 0 Å². The molecule has 116 valence electrons. The summed E-state index contributed by atoms with van der Waals surface area (Å²) in [5, 5.41) is 16.5. The Hall–Kier alpha value is -1.19. The molecule has 20 heavy (non-hydrogen) atoms. The molecule has 1 aliphatic heterocycles. The van der Waals surface area contributed by atoms with Crippen LogP contribution in [0.3, 0.4) is 0 Å². The molecule has 1 atom stereocenters. The Bertz CT molecular complexity index is 468. The summed E-state index contributed by atoms with van der Waals surface area (Å²) in [6.45, 7) is 3.78. The van der Waals surface area contributed by atoms with E-state index in [0.717, 1.165) is 4.31 Å². The Morgan fingerprint density at radius 3 is 2.15 bits per heavy atom. The average Bonchev–Trinajstić information content (AvgIpc) is 2.34. The summed E-state index contributed by atoms with van der Waals surface area (Å²) >= 11 is 0. The monoisotopic (exact) mass is 307 g/mol. The summed E-state index contributed by atoms with van der Waals surface area (Å²) < 4.78 is 23.4. The Morgan fingerprint density at radius 2 is 1.80 bits per heavy atom. The van der Waals surface area contributed by atoms with Crippen molar-refractivity contribution in [2.75, 3.05) is 13.1 Å². The summed E-state index contributed by atoms with van der Waals surface area (Å²) in [7, 11) is -3.72. The van der Waals surface area contributed by atoms with Gasteiger partial charge in [-0.1, -0.05) is 13.8 Å². The number of piperidine rings is 1. The topological polar surface area (TPSA) is 130 Å². The molecule has 0 bridgehead atoms. The van der Waals surface area contributed by atoms with Crippen LogP contribution in [0.2, 0.25) is 0 Å². The molecule has 0 aromatic heterocycles. The van der Waals surface area contributed by atoms with Crippen molar-refractivity contribution in [2.24, 2.45) is 17.0 Å². The number of carbonyl (C=O) groups excluding carboxylic acids is 1. The molecule has 0 unspecified atom stereocenters. The van der Waals surface area contributed by atoms with Crippen LogP contribution in [0.5, 0.6) is 0 Å². The van der Waals surface area contributed by atoms with Crippen LogP contribution in [-0.2, 0) is 19.8 Å². The minimum atomic E-state index is -3.72. The molecule has 8 nitrogen and oxygen atoms in total. The Kier molecular flexibility index (Phi) is 5.49. The van der Waals surface area contributed by atoms with Gasteiger partial charge in [0.25, 0.3) is 10.2 Å².